The van der Waals surface area contributed by atoms with Crippen LogP contribution in [-0.4, -0.2) is 16.6 Å². The lowest BCUT2D eigenvalue weighted by Crippen LogP contribution is -2.24. The van der Waals surface area contributed by atoms with Gasteiger partial charge in [0, 0.05) is 30.9 Å². The maximum absolute atomic E-state index is 12.1. The smallest absolute Gasteiger partial charge is 0.253 e. The Kier molecular flexibility index (Phi) is 4.41. The van der Waals surface area contributed by atoms with Crippen LogP contribution >= 0.6 is 0 Å². The van der Waals surface area contributed by atoms with Gasteiger partial charge in [0.1, 0.15) is 0 Å². The first-order valence-corrected chi connectivity index (χ1v) is 9.27. The van der Waals surface area contributed by atoms with E-state index in [1.165, 1.54) is 6.42 Å². The van der Waals surface area contributed by atoms with Gasteiger partial charge in [-0.05, 0) is 67.0 Å². The number of carbonyl (C=O) groups excluding carboxylic acids is 1. The summed E-state index contributed by atoms with van der Waals surface area (Å²) in [4.78, 5) is 23.8. The van der Waals surface area contributed by atoms with Crippen LogP contribution in [0.4, 0.5) is 5.69 Å². The number of anilines is 1. The first kappa shape index (κ1) is 17.0. The summed E-state index contributed by atoms with van der Waals surface area (Å²) in [6.07, 6.45) is 6.94. The third-order valence-electron chi connectivity index (χ3n) is 5.50. The molecule has 2 aromatic rings. The van der Waals surface area contributed by atoms with Gasteiger partial charge in [-0.1, -0.05) is 6.07 Å². The minimum atomic E-state index is 0.0197. The number of fused-ring (bicyclic) bond motifs is 1. The standard InChI is InChI=1S/C21H24N2O3/c1-13-10-14(11-23(2)21(13)25)16-6-8-19-17(7-9-20(24)22-19)18(16)12-26-15-4-3-5-15/h6,8,10-11,15H,3-5,7,9,12H2,1-2H3,(H,22,24). The molecule has 0 spiro atoms. The summed E-state index contributed by atoms with van der Waals surface area (Å²) in [6, 6.07) is 5.94. The molecule has 136 valence electrons. The van der Waals surface area contributed by atoms with E-state index in [1.807, 2.05) is 31.3 Å². The lowest BCUT2D eigenvalue weighted by Gasteiger charge is -2.28. The third kappa shape index (κ3) is 3.07. The number of benzene rings is 1. The van der Waals surface area contributed by atoms with E-state index in [0.29, 0.717) is 19.1 Å². The molecule has 2 heterocycles. The number of aromatic nitrogens is 1. The van der Waals surface area contributed by atoms with E-state index in [1.54, 1.807) is 11.6 Å². The highest BCUT2D eigenvalue weighted by Gasteiger charge is 2.24. The lowest BCUT2D eigenvalue weighted by molar-refractivity contribution is -0.116. The van der Waals surface area contributed by atoms with Crippen molar-refractivity contribution in [2.45, 2.75) is 51.7 Å². The Balaban J connectivity index is 1.80. The van der Waals surface area contributed by atoms with Crippen molar-refractivity contribution in [2.24, 2.45) is 7.05 Å². The van der Waals surface area contributed by atoms with Crippen molar-refractivity contribution in [1.82, 2.24) is 4.57 Å². The number of carbonyl (C=O) groups is 1. The molecule has 0 atom stereocenters. The zero-order chi connectivity index (χ0) is 18.3. The molecule has 26 heavy (non-hydrogen) atoms. The van der Waals surface area contributed by atoms with Crippen LogP contribution in [0.1, 0.15) is 42.4 Å². The minimum absolute atomic E-state index is 0.0197. The molecule has 1 fully saturated rings. The lowest BCUT2D eigenvalue weighted by atomic mass is 9.90. The molecule has 1 aliphatic heterocycles. The van der Waals surface area contributed by atoms with Crippen LogP contribution in [0.5, 0.6) is 0 Å². The van der Waals surface area contributed by atoms with Gasteiger partial charge in [0.2, 0.25) is 5.91 Å². The van der Waals surface area contributed by atoms with Gasteiger partial charge in [-0.3, -0.25) is 9.59 Å². The fourth-order valence-electron chi connectivity index (χ4n) is 3.75. The van der Waals surface area contributed by atoms with Crippen LogP contribution in [0, 0.1) is 6.92 Å². The summed E-state index contributed by atoms with van der Waals surface area (Å²) >= 11 is 0. The van der Waals surface area contributed by atoms with Gasteiger partial charge in [0.25, 0.3) is 5.56 Å². The minimum Gasteiger partial charge on any atom is -0.374 e. The second-order valence-corrected chi connectivity index (χ2v) is 7.36. The number of aryl methyl sites for hydroxylation is 2. The Morgan fingerprint density at radius 2 is 2.04 bits per heavy atom. The van der Waals surface area contributed by atoms with Crippen molar-refractivity contribution < 1.29 is 9.53 Å². The van der Waals surface area contributed by atoms with E-state index < -0.39 is 0 Å². The molecular formula is C21H24N2O3. The molecule has 1 saturated carbocycles. The number of amides is 1. The Bertz CT molecular complexity index is 899. The molecular weight excluding hydrogens is 328 g/mol. The molecule has 0 radical (unpaired) electrons. The highest BCUT2D eigenvalue weighted by molar-refractivity contribution is 5.95. The molecule has 0 saturated heterocycles. The van der Waals surface area contributed by atoms with Crippen molar-refractivity contribution in [3.63, 3.8) is 0 Å². The summed E-state index contributed by atoms with van der Waals surface area (Å²) < 4.78 is 7.75. The van der Waals surface area contributed by atoms with Gasteiger partial charge < -0.3 is 14.6 Å². The van der Waals surface area contributed by atoms with Gasteiger partial charge >= 0.3 is 0 Å². The summed E-state index contributed by atoms with van der Waals surface area (Å²) in [7, 11) is 1.78. The fourth-order valence-corrected chi connectivity index (χ4v) is 3.75. The van der Waals surface area contributed by atoms with Gasteiger partial charge in [0.15, 0.2) is 0 Å². The maximum atomic E-state index is 12.1. The highest BCUT2D eigenvalue weighted by atomic mass is 16.5. The van der Waals surface area contributed by atoms with Crippen molar-refractivity contribution in [2.75, 3.05) is 5.32 Å². The van der Waals surface area contributed by atoms with Crippen molar-refractivity contribution in [3.8, 4) is 11.1 Å². The first-order chi connectivity index (χ1) is 12.5. The van der Waals surface area contributed by atoms with E-state index in [-0.39, 0.29) is 11.5 Å². The summed E-state index contributed by atoms with van der Waals surface area (Å²) in [5.41, 5.74) is 6.02. The highest BCUT2D eigenvalue weighted by Crippen LogP contribution is 2.35. The van der Waals surface area contributed by atoms with Crippen LogP contribution in [0.2, 0.25) is 0 Å². The fraction of sp³-hybridized carbons (Fsp3) is 0.429. The molecule has 1 aliphatic carbocycles. The van der Waals surface area contributed by atoms with Crippen LogP contribution in [0.25, 0.3) is 11.1 Å². The number of hydrogen-bond donors (Lipinski definition) is 1. The van der Waals surface area contributed by atoms with Gasteiger partial charge in [-0.15, -0.1) is 0 Å². The largest absolute Gasteiger partial charge is 0.374 e. The van der Waals surface area contributed by atoms with E-state index >= 15 is 0 Å². The van der Waals surface area contributed by atoms with Gasteiger partial charge in [-0.2, -0.15) is 0 Å². The monoisotopic (exact) mass is 352 g/mol. The number of hydrogen-bond acceptors (Lipinski definition) is 3. The average molecular weight is 352 g/mol. The van der Waals surface area contributed by atoms with Crippen LogP contribution in [-0.2, 0) is 29.6 Å². The Morgan fingerprint density at radius 3 is 2.73 bits per heavy atom. The second kappa shape index (κ2) is 6.72. The molecule has 1 aromatic carbocycles. The summed E-state index contributed by atoms with van der Waals surface area (Å²) in [5.74, 6) is 0.0639. The molecule has 5 nitrogen and oxygen atoms in total. The molecule has 0 unspecified atom stereocenters. The zero-order valence-corrected chi connectivity index (χ0v) is 15.3. The van der Waals surface area contributed by atoms with Gasteiger partial charge in [0.05, 0.1) is 12.7 Å². The molecule has 1 amide bonds. The van der Waals surface area contributed by atoms with E-state index in [4.69, 9.17) is 4.74 Å². The number of rotatable bonds is 4. The SMILES string of the molecule is Cc1cc(-c2ccc3c(c2COC2CCC2)CCC(=O)N3)cn(C)c1=O. The number of nitrogens with zero attached hydrogens (tertiary/aromatic N) is 1. The van der Waals surface area contributed by atoms with E-state index in [2.05, 4.69) is 5.32 Å². The number of pyridine rings is 1. The van der Waals surface area contributed by atoms with Crippen molar-refractivity contribution in [3.05, 3.63) is 51.4 Å². The van der Waals surface area contributed by atoms with E-state index in [9.17, 15) is 9.59 Å². The zero-order valence-electron chi connectivity index (χ0n) is 15.3. The second-order valence-electron chi connectivity index (χ2n) is 7.36. The summed E-state index contributed by atoms with van der Waals surface area (Å²) in [6.45, 7) is 2.38. The quantitative estimate of drug-likeness (QED) is 0.918. The summed E-state index contributed by atoms with van der Waals surface area (Å²) in [5, 5.41) is 2.98. The topological polar surface area (TPSA) is 60.3 Å². The number of ether oxygens (including phenoxy) is 1. The van der Waals surface area contributed by atoms with Crippen LogP contribution in [0.3, 0.4) is 0 Å². The number of nitrogens with one attached hydrogen (secondary N) is 1. The van der Waals surface area contributed by atoms with Crippen LogP contribution < -0.4 is 10.9 Å². The Hall–Kier alpha value is -2.40. The Labute approximate surface area is 153 Å². The van der Waals surface area contributed by atoms with E-state index in [0.717, 1.165) is 52.8 Å². The third-order valence-corrected chi connectivity index (χ3v) is 5.50. The van der Waals surface area contributed by atoms with Crippen molar-refractivity contribution >= 4 is 11.6 Å². The van der Waals surface area contributed by atoms with Crippen molar-refractivity contribution in [1.29, 1.82) is 0 Å². The average Bonchev–Trinajstić information content (AvgIpc) is 2.57. The normalized spacial score (nSPS) is 16.8. The van der Waals surface area contributed by atoms with Crippen LogP contribution in [0.15, 0.2) is 29.2 Å². The molecule has 1 N–H and O–H groups in total. The molecule has 2 aliphatic rings. The Morgan fingerprint density at radius 1 is 1.23 bits per heavy atom. The predicted molar refractivity (Wildman–Crippen MR) is 101 cm³/mol. The molecule has 0 bridgehead atoms. The first-order valence-electron chi connectivity index (χ1n) is 9.27. The van der Waals surface area contributed by atoms with Gasteiger partial charge in [-0.25, -0.2) is 0 Å². The maximum Gasteiger partial charge on any atom is 0.253 e. The molecule has 4 rings (SSSR count). The predicted octanol–water partition coefficient (Wildman–Crippen LogP) is 3.31. The molecule has 5 heteroatoms. The molecule has 1 aromatic heterocycles.